The molecule has 2 N–H and O–H groups in total. The van der Waals surface area contributed by atoms with Crippen LogP contribution in [0.15, 0.2) is 83.7 Å². The number of carboxylic acid groups (broad SMARTS) is 1. The maximum Gasteiger partial charge on any atom is 0.328 e. The van der Waals surface area contributed by atoms with E-state index >= 15 is 0 Å². The van der Waals surface area contributed by atoms with Gasteiger partial charge in [0.25, 0.3) is 0 Å². The molecule has 0 aliphatic rings. The quantitative estimate of drug-likeness (QED) is 0.485. The third-order valence-electron chi connectivity index (χ3n) is 4.41. The molecule has 0 radical (unpaired) electrons. The lowest BCUT2D eigenvalue weighted by molar-refractivity contribution is -0.131. The topological polar surface area (TPSA) is 84.2 Å². The van der Waals surface area contributed by atoms with Crippen LogP contribution in [0.4, 0.5) is 15.9 Å². The number of fused-ring (bicyclic) bond motifs is 1. The molecule has 0 aliphatic carbocycles. The van der Waals surface area contributed by atoms with Crippen molar-refractivity contribution in [3.8, 4) is 5.69 Å². The van der Waals surface area contributed by atoms with E-state index in [-0.39, 0.29) is 16.7 Å². The smallest absolute Gasteiger partial charge is 0.328 e. The van der Waals surface area contributed by atoms with E-state index < -0.39 is 17.2 Å². The number of carbonyl (C=O) groups is 1. The molecule has 0 aliphatic heterocycles. The summed E-state index contributed by atoms with van der Waals surface area (Å²) in [6.45, 7) is 0. The van der Waals surface area contributed by atoms with E-state index in [9.17, 15) is 14.0 Å². The van der Waals surface area contributed by atoms with Gasteiger partial charge in [0, 0.05) is 23.5 Å². The minimum absolute atomic E-state index is 0.0856. The molecule has 6 nitrogen and oxygen atoms in total. The number of aromatic nitrogens is 2. The van der Waals surface area contributed by atoms with E-state index in [1.165, 1.54) is 6.07 Å². The van der Waals surface area contributed by atoms with Gasteiger partial charge >= 0.3 is 5.97 Å². The third kappa shape index (κ3) is 3.81. The molecule has 2 aromatic carbocycles. The fourth-order valence-corrected chi connectivity index (χ4v) is 3.09. The van der Waals surface area contributed by atoms with Gasteiger partial charge in [-0.2, -0.15) is 0 Å². The van der Waals surface area contributed by atoms with Gasteiger partial charge in [-0.25, -0.2) is 14.2 Å². The standard InChI is InChI=1S/C23H16FN3O3/c24-18-13-17-20(28)14-21(25-15-7-3-1-4-8-15)27(16-9-5-2-6-10-16)23(17)26-19(18)11-12-22(29)30/h1-14,25H,(H,29,30). The third-order valence-corrected chi connectivity index (χ3v) is 4.41. The maximum absolute atomic E-state index is 14.5. The summed E-state index contributed by atoms with van der Waals surface area (Å²) in [5.41, 5.74) is 1.09. The van der Waals surface area contributed by atoms with Crippen LogP contribution in [0.25, 0.3) is 22.8 Å². The molecule has 0 unspecified atom stereocenters. The molecule has 4 rings (SSSR count). The number of aliphatic carboxylic acids is 1. The molecule has 0 amide bonds. The molecule has 0 spiro atoms. The first-order valence-electron chi connectivity index (χ1n) is 9.08. The molecule has 0 bridgehead atoms. The van der Waals surface area contributed by atoms with Crippen LogP contribution in [-0.2, 0) is 4.79 Å². The highest BCUT2D eigenvalue weighted by molar-refractivity contribution is 5.86. The van der Waals surface area contributed by atoms with Crippen molar-refractivity contribution in [2.24, 2.45) is 0 Å². The number of para-hydroxylation sites is 2. The number of pyridine rings is 2. The number of benzene rings is 2. The highest BCUT2D eigenvalue weighted by Crippen LogP contribution is 2.25. The van der Waals surface area contributed by atoms with Crippen LogP contribution in [0.3, 0.4) is 0 Å². The van der Waals surface area contributed by atoms with Crippen molar-refractivity contribution in [3.05, 3.63) is 101 Å². The molecule has 0 saturated heterocycles. The molecule has 0 atom stereocenters. The number of rotatable bonds is 5. The van der Waals surface area contributed by atoms with Gasteiger partial charge in [0.05, 0.1) is 5.39 Å². The van der Waals surface area contributed by atoms with Crippen LogP contribution in [0.2, 0.25) is 0 Å². The van der Waals surface area contributed by atoms with E-state index in [1.807, 2.05) is 60.7 Å². The molecule has 30 heavy (non-hydrogen) atoms. The summed E-state index contributed by atoms with van der Waals surface area (Å²) in [5, 5.41) is 12.2. The lowest BCUT2D eigenvalue weighted by atomic mass is 10.2. The number of nitrogens with zero attached hydrogens (tertiary/aromatic N) is 2. The van der Waals surface area contributed by atoms with Gasteiger partial charge in [0.1, 0.15) is 17.3 Å². The van der Waals surface area contributed by atoms with Crippen molar-refractivity contribution < 1.29 is 14.3 Å². The highest BCUT2D eigenvalue weighted by atomic mass is 19.1. The second-order valence-electron chi connectivity index (χ2n) is 6.45. The molecule has 2 heterocycles. The molecule has 4 aromatic rings. The Morgan fingerprint density at radius 1 is 1.03 bits per heavy atom. The molecule has 0 saturated carbocycles. The number of anilines is 2. The Hall–Kier alpha value is -4.26. The first kappa shape index (κ1) is 19.1. The Bertz CT molecular complexity index is 1320. The van der Waals surface area contributed by atoms with Crippen LogP contribution in [0.5, 0.6) is 0 Å². The van der Waals surface area contributed by atoms with Crippen LogP contribution in [0, 0.1) is 5.82 Å². The number of halogens is 1. The number of hydrogen-bond donors (Lipinski definition) is 2. The van der Waals surface area contributed by atoms with E-state index in [4.69, 9.17) is 5.11 Å². The molecule has 2 aromatic heterocycles. The summed E-state index contributed by atoms with van der Waals surface area (Å²) in [7, 11) is 0. The first-order valence-corrected chi connectivity index (χ1v) is 9.08. The Morgan fingerprint density at radius 2 is 1.70 bits per heavy atom. The second kappa shape index (κ2) is 8.00. The summed E-state index contributed by atoms with van der Waals surface area (Å²) in [5.74, 6) is -1.56. The molecule has 7 heteroatoms. The van der Waals surface area contributed by atoms with Gasteiger partial charge < -0.3 is 10.4 Å². The lowest BCUT2D eigenvalue weighted by Gasteiger charge is -2.18. The maximum atomic E-state index is 14.5. The predicted octanol–water partition coefficient (Wildman–Crippen LogP) is 4.37. The minimum Gasteiger partial charge on any atom is -0.478 e. The van der Waals surface area contributed by atoms with E-state index in [2.05, 4.69) is 10.3 Å². The lowest BCUT2D eigenvalue weighted by Crippen LogP contribution is -2.14. The van der Waals surface area contributed by atoms with Gasteiger partial charge in [-0.1, -0.05) is 36.4 Å². The summed E-state index contributed by atoms with van der Waals surface area (Å²) < 4.78 is 16.2. The Morgan fingerprint density at radius 3 is 2.37 bits per heavy atom. The van der Waals surface area contributed by atoms with E-state index in [0.717, 1.165) is 23.9 Å². The SMILES string of the molecule is O=C(O)C=Cc1nc2c(cc1F)c(=O)cc(Nc1ccccc1)n2-c1ccccc1. The monoisotopic (exact) mass is 401 g/mol. The van der Waals surface area contributed by atoms with Gasteiger partial charge in [-0.3, -0.25) is 9.36 Å². The average molecular weight is 401 g/mol. The molecular formula is C23H16FN3O3. The first-order chi connectivity index (χ1) is 14.5. The second-order valence-corrected chi connectivity index (χ2v) is 6.45. The van der Waals surface area contributed by atoms with Crippen molar-refractivity contribution in [3.63, 3.8) is 0 Å². The summed E-state index contributed by atoms with van der Waals surface area (Å²) in [6.07, 6.45) is 1.86. The van der Waals surface area contributed by atoms with Gasteiger partial charge in [0.15, 0.2) is 11.1 Å². The van der Waals surface area contributed by atoms with Crippen LogP contribution < -0.4 is 10.7 Å². The Labute approximate surface area is 170 Å². The van der Waals surface area contributed by atoms with E-state index in [1.54, 1.807) is 4.57 Å². The van der Waals surface area contributed by atoms with Crippen molar-refractivity contribution in [1.82, 2.24) is 9.55 Å². The average Bonchev–Trinajstić information content (AvgIpc) is 2.74. The molecular weight excluding hydrogens is 385 g/mol. The van der Waals surface area contributed by atoms with Crippen LogP contribution in [0.1, 0.15) is 5.69 Å². The van der Waals surface area contributed by atoms with E-state index in [0.29, 0.717) is 11.5 Å². The van der Waals surface area contributed by atoms with Gasteiger partial charge in [-0.15, -0.1) is 0 Å². The van der Waals surface area contributed by atoms with Crippen LogP contribution >= 0.6 is 0 Å². The summed E-state index contributed by atoms with van der Waals surface area (Å²) in [6, 6.07) is 20.9. The Balaban J connectivity index is 2.02. The largest absolute Gasteiger partial charge is 0.478 e. The van der Waals surface area contributed by atoms with Crippen molar-refractivity contribution in [2.45, 2.75) is 0 Å². The highest BCUT2D eigenvalue weighted by Gasteiger charge is 2.15. The normalized spacial score (nSPS) is 11.1. The van der Waals surface area contributed by atoms with Crippen molar-refractivity contribution in [2.75, 3.05) is 5.32 Å². The summed E-state index contributed by atoms with van der Waals surface area (Å²) >= 11 is 0. The summed E-state index contributed by atoms with van der Waals surface area (Å²) in [4.78, 5) is 27.9. The zero-order valence-electron chi connectivity index (χ0n) is 15.6. The molecule has 148 valence electrons. The minimum atomic E-state index is -1.23. The number of nitrogens with one attached hydrogen (secondary N) is 1. The number of hydrogen-bond acceptors (Lipinski definition) is 4. The van der Waals surface area contributed by atoms with Crippen molar-refractivity contribution in [1.29, 1.82) is 0 Å². The zero-order chi connectivity index (χ0) is 21.1. The van der Waals surface area contributed by atoms with Crippen molar-refractivity contribution >= 4 is 34.6 Å². The fraction of sp³-hybridized carbons (Fsp3) is 0. The predicted molar refractivity (Wildman–Crippen MR) is 114 cm³/mol. The van der Waals surface area contributed by atoms with Gasteiger partial charge in [0.2, 0.25) is 0 Å². The Kier molecular flexibility index (Phi) is 5.09. The molecule has 0 fully saturated rings. The van der Waals surface area contributed by atoms with Crippen LogP contribution in [-0.4, -0.2) is 20.6 Å². The zero-order valence-corrected chi connectivity index (χ0v) is 15.6. The number of carboxylic acids is 1. The van der Waals surface area contributed by atoms with Gasteiger partial charge in [-0.05, 0) is 36.4 Å². The fourth-order valence-electron chi connectivity index (χ4n) is 3.09.